The molecule has 0 amide bonds. The Morgan fingerprint density at radius 2 is 0.867 bits per heavy atom. The first-order valence-corrected chi connectivity index (χ1v) is 3.63. The molecular weight excluding hydrogens is 216 g/mol. The maximum Gasteiger partial charge on any atom is 0.157 e. The zero-order chi connectivity index (χ0) is 11.6. The van der Waals surface area contributed by atoms with E-state index in [1.165, 1.54) is 0 Å². The van der Waals surface area contributed by atoms with Gasteiger partial charge < -0.3 is 0 Å². The molecule has 12 nitrogen and oxygen atoms in total. The fourth-order valence-corrected chi connectivity index (χ4v) is 1.16. The molecule has 1 aliphatic rings. The van der Waals surface area contributed by atoms with Crippen LogP contribution in [0.4, 0.5) is 0 Å². The topological polar surface area (TPSA) is 166 Å². The summed E-state index contributed by atoms with van der Waals surface area (Å²) in [7, 11) is 0. The minimum atomic E-state index is -0.990. The number of rotatable bonds is 6. The first-order valence-electron chi connectivity index (χ1n) is 3.63. The number of hydrogen-bond donors (Lipinski definition) is 3. The Morgan fingerprint density at radius 1 is 0.667 bits per heavy atom. The Bertz CT molecular complexity index is 252. The van der Waals surface area contributed by atoms with Crippen LogP contribution in [0.25, 0.3) is 0 Å². The minimum absolute atomic E-state index is 0.916. The molecule has 0 bridgehead atoms. The molecule has 1 fully saturated rings. The molecule has 1 aliphatic carbocycles. The lowest BCUT2D eigenvalue weighted by Gasteiger charge is -1.92. The van der Waals surface area contributed by atoms with Crippen LogP contribution < -0.4 is 16.3 Å². The monoisotopic (exact) mass is 222 g/mol. The van der Waals surface area contributed by atoms with E-state index in [1.54, 1.807) is 16.3 Å². The van der Waals surface area contributed by atoms with Gasteiger partial charge in [-0.2, -0.15) is 0 Å². The minimum Gasteiger partial charge on any atom is -0.235 e. The van der Waals surface area contributed by atoms with E-state index >= 15 is 0 Å². The van der Waals surface area contributed by atoms with Crippen molar-refractivity contribution in [3.8, 4) is 0 Å². The Hall–Kier alpha value is -2.40. The van der Waals surface area contributed by atoms with E-state index in [2.05, 4.69) is 0 Å². The maximum absolute atomic E-state index is 10.0. The predicted octanol–water partition coefficient (Wildman–Crippen LogP) is -2.55. The lowest BCUT2D eigenvalue weighted by Crippen LogP contribution is -2.33. The van der Waals surface area contributed by atoms with Gasteiger partial charge >= 0.3 is 0 Å². The second-order valence-corrected chi connectivity index (χ2v) is 2.74. The second kappa shape index (κ2) is 3.77. The van der Waals surface area contributed by atoms with Crippen LogP contribution in [0.3, 0.4) is 0 Å². The molecule has 12 heteroatoms. The van der Waals surface area contributed by atoms with Gasteiger partial charge in [0.1, 0.15) is 18.1 Å². The van der Waals surface area contributed by atoms with Crippen LogP contribution in [0.5, 0.6) is 0 Å². The summed E-state index contributed by atoms with van der Waals surface area (Å²) in [6.45, 7) is 0. The summed E-state index contributed by atoms with van der Waals surface area (Å²) < 4.78 is 0. The molecule has 3 N–H and O–H groups in total. The summed E-state index contributed by atoms with van der Waals surface area (Å²) in [6, 6.07) is -2.97. The molecule has 0 saturated heterocycles. The van der Waals surface area contributed by atoms with E-state index in [1.807, 2.05) is 0 Å². The molecule has 84 valence electrons. The molecule has 0 radical (unpaired) electrons. The largest absolute Gasteiger partial charge is 0.235 e. The van der Waals surface area contributed by atoms with Crippen molar-refractivity contribution in [1.29, 1.82) is 0 Å². The van der Waals surface area contributed by atoms with Crippen LogP contribution in [0.15, 0.2) is 0 Å². The molecular formula is C3H6N6O6. The highest BCUT2D eigenvalue weighted by Crippen LogP contribution is 2.22. The highest BCUT2D eigenvalue weighted by molar-refractivity contribution is 5.11. The second-order valence-electron chi connectivity index (χ2n) is 2.74. The van der Waals surface area contributed by atoms with Crippen molar-refractivity contribution in [3.63, 3.8) is 0 Å². The zero-order valence-corrected chi connectivity index (χ0v) is 7.02. The van der Waals surface area contributed by atoms with Crippen LogP contribution in [0, 0.1) is 30.3 Å². The Labute approximate surface area is 81.0 Å². The lowest BCUT2D eigenvalue weighted by atomic mass is 10.7. The average molecular weight is 222 g/mol. The highest BCUT2D eigenvalue weighted by atomic mass is 16.7. The maximum atomic E-state index is 10.0. The molecule has 0 aromatic carbocycles. The molecule has 0 unspecified atom stereocenters. The van der Waals surface area contributed by atoms with E-state index in [9.17, 15) is 30.3 Å². The molecule has 1 saturated carbocycles. The summed E-state index contributed by atoms with van der Waals surface area (Å²) in [5.74, 6) is 0. The average Bonchev–Trinajstić information content (AvgIpc) is 2.60. The molecule has 0 aliphatic heterocycles. The SMILES string of the molecule is O=[N+]([O-])NC1C(N[N+](=O)[O-])C1N[N+](=O)[O-]. The van der Waals surface area contributed by atoms with Gasteiger partial charge in [0.15, 0.2) is 15.1 Å². The first-order chi connectivity index (χ1) is 6.91. The third-order valence-electron chi connectivity index (χ3n) is 1.78. The van der Waals surface area contributed by atoms with E-state index in [0.717, 1.165) is 0 Å². The van der Waals surface area contributed by atoms with Crippen LogP contribution in [0.2, 0.25) is 0 Å². The first kappa shape index (κ1) is 10.7. The van der Waals surface area contributed by atoms with Crippen molar-refractivity contribution in [2.75, 3.05) is 0 Å². The van der Waals surface area contributed by atoms with E-state index in [0.29, 0.717) is 0 Å². The molecule has 0 aromatic rings. The van der Waals surface area contributed by atoms with Crippen LogP contribution >= 0.6 is 0 Å². The summed E-state index contributed by atoms with van der Waals surface area (Å²) in [5.41, 5.74) is 5.15. The molecule has 15 heavy (non-hydrogen) atoms. The molecule has 1 rings (SSSR count). The third-order valence-corrected chi connectivity index (χ3v) is 1.78. The van der Waals surface area contributed by atoms with Crippen LogP contribution in [0.1, 0.15) is 0 Å². The van der Waals surface area contributed by atoms with Gasteiger partial charge in [-0.05, 0) is 0 Å². The third kappa shape index (κ3) is 2.78. The van der Waals surface area contributed by atoms with Gasteiger partial charge in [-0.15, -0.1) is 16.3 Å². The van der Waals surface area contributed by atoms with Gasteiger partial charge in [0, 0.05) is 0 Å². The predicted molar refractivity (Wildman–Crippen MR) is 41.8 cm³/mol. The normalized spacial score (nSPS) is 27.6. The number of hydrogen-bond acceptors (Lipinski definition) is 6. The van der Waals surface area contributed by atoms with E-state index in [-0.39, 0.29) is 0 Å². The van der Waals surface area contributed by atoms with Gasteiger partial charge in [-0.1, -0.05) is 0 Å². The highest BCUT2D eigenvalue weighted by Gasteiger charge is 2.60. The molecule has 0 spiro atoms. The van der Waals surface area contributed by atoms with Crippen LogP contribution in [-0.2, 0) is 0 Å². The van der Waals surface area contributed by atoms with Crippen molar-refractivity contribution in [1.82, 2.24) is 16.3 Å². The summed E-state index contributed by atoms with van der Waals surface area (Å²) >= 11 is 0. The molecule has 0 atom stereocenters. The number of hydrazine groups is 3. The number of nitrogens with zero attached hydrogens (tertiary/aromatic N) is 3. The van der Waals surface area contributed by atoms with Crippen molar-refractivity contribution in [2.45, 2.75) is 18.1 Å². The van der Waals surface area contributed by atoms with Crippen molar-refractivity contribution in [2.24, 2.45) is 0 Å². The lowest BCUT2D eigenvalue weighted by molar-refractivity contribution is -0.557. The van der Waals surface area contributed by atoms with E-state index < -0.39 is 33.2 Å². The van der Waals surface area contributed by atoms with Gasteiger partial charge in [0.2, 0.25) is 0 Å². The van der Waals surface area contributed by atoms with Crippen molar-refractivity contribution < 1.29 is 15.1 Å². The summed E-state index contributed by atoms with van der Waals surface area (Å²) in [4.78, 5) is 30.0. The summed E-state index contributed by atoms with van der Waals surface area (Å²) in [5, 5.41) is 27.3. The van der Waals surface area contributed by atoms with Crippen molar-refractivity contribution >= 4 is 0 Å². The number of nitrogens with one attached hydrogen (secondary N) is 3. The smallest absolute Gasteiger partial charge is 0.157 e. The fraction of sp³-hybridized carbons (Fsp3) is 1.00. The summed E-state index contributed by atoms with van der Waals surface area (Å²) in [6.07, 6.45) is 0. The molecule has 0 aromatic heterocycles. The molecule has 0 heterocycles. The standard InChI is InChI=1S/C3H6N6O6/c10-7(11)4-1-2(5-8(12)13)3(1)6-9(14)15/h1-6H. The Morgan fingerprint density at radius 3 is 1.00 bits per heavy atom. The van der Waals surface area contributed by atoms with Gasteiger partial charge in [0.25, 0.3) is 0 Å². The zero-order valence-electron chi connectivity index (χ0n) is 7.02. The Balaban J connectivity index is 2.50. The van der Waals surface area contributed by atoms with Gasteiger partial charge in [-0.3, -0.25) is 0 Å². The van der Waals surface area contributed by atoms with Gasteiger partial charge in [0.05, 0.1) is 0 Å². The fourth-order valence-electron chi connectivity index (χ4n) is 1.16. The van der Waals surface area contributed by atoms with Gasteiger partial charge in [-0.25, -0.2) is 30.3 Å². The van der Waals surface area contributed by atoms with E-state index in [4.69, 9.17) is 0 Å². The Kier molecular flexibility index (Phi) is 2.68. The quantitative estimate of drug-likeness (QED) is 0.323. The van der Waals surface area contributed by atoms with Crippen LogP contribution in [-0.4, -0.2) is 33.2 Å². The number of nitro groups is 3. The van der Waals surface area contributed by atoms with Crippen molar-refractivity contribution in [3.05, 3.63) is 30.3 Å².